The summed E-state index contributed by atoms with van der Waals surface area (Å²) in [6.07, 6.45) is 3.01. The van der Waals surface area contributed by atoms with Crippen LogP contribution in [0.15, 0.2) is 12.3 Å². The fourth-order valence-corrected chi connectivity index (χ4v) is 2.06. The Morgan fingerprint density at radius 2 is 2.12 bits per heavy atom. The fraction of sp³-hybridized carbons (Fsp3) is 0.615. The summed E-state index contributed by atoms with van der Waals surface area (Å²) in [5.41, 5.74) is 1.13. The van der Waals surface area contributed by atoms with E-state index < -0.39 is 0 Å². The van der Waals surface area contributed by atoms with Crippen molar-refractivity contribution in [2.45, 2.75) is 33.7 Å². The average Bonchev–Trinajstić information content (AvgIpc) is 2.34. The summed E-state index contributed by atoms with van der Waals surface area (Å²) in [5, 5.41) is 4.01. The van der Waals surface area contributed by atoms with Crippen LogP contribution < -0.4 is 10.2 Å². The van der Waals surface area contributed by atoms with Crippen LogP contribution >= 0.6 is 11.6 Å². The first-order valence-electron chi connectivity index (χ1n) is 6.32. The SMILES string of the molecule is CCCN(CC)c1ncc(CNCC)cc1Cl. The van der Waals surface area contributed by atoms with Crippen molar-refractivity contribution in [1.29, 1.82) is 0 Å². The topological polar surface area (TPSA) is 28.2 Å². The number of hydrogen-bond acceptors (Lipinski definition) is 3. The van der Waals surface area contributed by atoms with E-state index in [2.05, 4.69) is 36.0 Å². The Morgan fingerprint density at radius 1 is 1.35 bits per heavy atom. The van der Waals surface area contributed by atoms with Crippen LogP contribution in [0.25, 0.3) is 0 Å². The van der Waals surface area contributed by atoms with Gasteiger partial charge in [-0.05, 0) is 31.5 Å². The molecule has 96 valence electrons. The second-order valence-electron chi connectivity index (χ2n) is 4.01. The van der Waals surface area contributed by atoms with Crippen LogP contribution in [0.1, 0.15) is 32.8 Å². The summed E-state index contributed by atoms with van der Waals surface area (Å²) in [6, 6.07) is 2.00. The van der Waals surface area contributed by atoms with Crippen LogP contribution in [0.5, 0.6) is 0 Å². The van der Waals surface area contributed by atoms with Crippen LogP contribution in [-0.4, -0.2) is 24.6 Å². The quantitative estimate of drug-likeness (QED) is 0.812. The molecule has 4 heteroatoms. The number of aromatic nitrogens is 1. The van der Waals surface area contributed by atoms with Gasteiger partial charge in [-0.2, -0.15) is 0 Å². The molecule has 0 bridgehead atoms. The van der Waals surface area contributed by atoms with E-state index in [1.165, 1.54) is 0 Å². The second kappa shape index (κ2) is 7.51. The summed E-state index contributed by atoms with van der Waals surface area (Å²) in [5.74, 6) is 0.899. The van der Waals surface area contributed by atoms with E-state index in [1.54, 1.807) is 0 Å². The Labute approximate surface area is 109 Å². The van der Waals surface area contributed by atoms with Crippen molar-refractivity contribution < 1.29 is 0 Å². The number of nitrogens with zero attached hydrogens (tertiary/aromatic N) is 2. The lowest BCUT2D eigenvalue weighted by molar-refractivity contribution is 0.722. The molecule has 1 aromatic heterocycles. The lowest BCUT2D eigenvalue weighted by Crippen LogP contribution is -2.25. The molecule has 17 heavy (non-hydrogen) atoms. The lowest BCUT2D eigenvalue weighted by atomic mass is 10.2. The molecule has 3 nitrogen and oxygen atoms in total. The molecule has 0 aliphatic rings. The number of halogens is 1. The highest BCUT2D eigenvalue weighted by Gasteiger charge is 2.09. The second-order valence-corrected chi connectivity index (χ2v) is 4.42. The van der Waals surface area contributed by atoms with Gasteiger partial charge < -0.3 is 10.2 Å². The number of hydrogen-bond donors (Lipinski definition) is 1. The van der Waals surface area contributed by atoms with Crippen LogP contribution in [0.4, 0.5) is 5.82 Å². The molecule has 0 radical (unpaired) electrons. The minimum Gasteiger partial charge on any atom is -0.356 e. The van der Waals surface area contributed by atoms with Crippen LogP contribution in [0, 0.1) is 0 Å². The van der Waals surface area contributed by atoms with Gasteiger partial charge in [0.25, 0.3) is 0 Å². The van der Waals surface area contributed by atoms with Crippen LogP contribution in [0.2, 0.25) is 5.02 Å². The zero-order chi connectivity index (χ0) is 12.7. The Hall–Kier alpha value is -0.800. The highest BCUT2D eigenvalue weighted by Crippen LogP contribution is 2.24. The Balaban J connectivity index is 2.80. The molecule has 1 N–H and O–H groups in total. The molecule has 0 atom stereocenters. The highest BCUT2D eigenvalue weighted by molar-refractivity contribution is 6.33. The third-order valence-corrected chi connectivity index (χ3v) is 2.91. The van der Waals surface area contributed by atoms with E-state index in [9.17, 15) is 0 Å². The van der Waals surface area contributed by atoms with Gasteiger partial charge >= 0.3 is 0 Å². The zero-order valence-corrected chi connectivity index (χ0v) is 11.7. The molecule has 1 rings (SSSR count). The Morgan fingerprint density at radius 3 is 2.65 bits per heavy atom. The fourth-order valence-electron chi connectivity index (χ4n) is 1.75. The molecular formula is C13H22ClN3. The molecule has 0 aliphatic carbocycles. The van der Waals surface area contributed by atoms with E-state index in [1.807, 2.05) is 12.3 Å². The monoisotopic (exact) mass is 255 g/mol. The smallest absolute Gasteiger partial charge is 0.147 e. The van der Waals surface area contributed by atoms with Crippen molar-refractivity contribution in [1.82, 2.24) is 10.3 Å². The van der Waals surface area contributed by atoms with Crippen molar-refractivity contribution >= 4 is 17.4 Å². The normalized spacial score (nSPS) is 10.6. The predicted octanol–water partition coefficient (Wildman–Crippen LogP) is 3.08. The molecular weight excluding hydrogens is 234 g/mol. The molecule has 0 saturated carbocycles. The van der Waals surface area contributed by atoms with Crippen LogP contribution in [0.3, 0.4) is 0 Å². The van der Waals surface area contributed by atoms with E-state index in [0.29, 0.717) is 0 Å². The van der Waals surface area contributed by atoms with Gasteiger partial charge in [0.15, 0.2) is 0 Å². The first-order valence-corrected chi connectivity index (χ1v) is 6.70. The van der Waals surface area contributed by atoms with Gasteiger partial charge in [0.1, 0.15) is 5.82 Å². The molecule has 1 aromatic rings. The van der Waals surface area contributed by atoms with Gasteiger partial charge in [-0.3, -0.25) is 0 Å². The van der Waals surface area contributed by atoms with Gasteiger partial charge in [-0.25, -0.2) is 4.98 Å². The maximum Gasteiger partial charge on any atom is 0.147 e. The largest absolute Gasteiger partial charge is 0.356 e. The summed E-state index contributed by atoms with van der Waals surface area (Å²) < 4.78 is 0. The number of pyridine rings is 1. The van der Waals surface area contributed by atoms with Crippen molar-refractivity contribution in [3.05, 3.63) is 22.8 Å². The van der Waals surface area contributed by atoms with Gasteiger partial charge in [-0.15, -0.1) is 0 Å². The van der Waals surface area contributed by atoms with E-state index >= 15 is 0 Å². The minimum atomic E-state index is 0.746. The molecule has 0 unspecified atom stereocenters. The van der Waals surface area contributed by atoms with Crippen molar-refractivity contribution in [3.63, 3.8) is 0 Å². The molecule has 0 aromatic carbocycles. The first-order chi connectivity index (χ1) is 8.22. The van der Waals surface area contributed by atoms with Gasteiger partial charge in [0, 0.05) is 25.8 Å². The molecule has 0 aliphatic heterocycles. The number of anilines is 1. The van der Waals surface area contributed by atoms with Gasteiger partial charge in [0.05, 0.1) is 5.02 Å². The van der Waals surface area contributed by atoms with Crippen molar-refractivity contribution in [3.8, 4) is 0 Å². The van der Waals surface area contributed by atoms with E-state index in [-0.39, 0.29) is 0 Å². The van der Waals surface area contributed by atoms with E-state index in [4.69, 9.17) is 11.6 Å². The summed E-state index contributed by atoms with van der Waals surface area (Å²) in [7, 11) is 0. The third kappa shape index (κ3) is 4.17. The molecule has 0 saturated heterocycles. The highest BCUT2D eigenvalue weighted by atomic mass is 35.5. The summed E-state index contributed by atoms with van der Waals surface area (Å²) in [4.78, 5) is 6.68. The third-order valence-electron chi connectivity index (χ3n) is 2.63. The molecule has 0 fully saturated rings. The summed E-state index contributed by atoms with van der Waals surface area (Å²) in [6.45, 7) is 10.1. The standard InChI is InChI=1S/C13H22ClN3/c1-4-7-17(6-3)13-12(14)8-11(10-16-13)9-15-5-2/h8,10,15H,4-7,9H2,1-3H3. The lowest BCUT2D eigenvalue weighted by Gasteiger charge is -2.22. The number of rotatable bonds is 7. The Kier molecular flexibility index (Phi) is 6.30. The Bertz CT molecular complexity index is 341. The predicted molar refractivity (Wildman–Crippen MR) is 74.8 cm³/mol. The van der Waals surface area contributed by atoms with Gasteiger partial charge in [-0.1, -0.05) is 25.4 Å². The minimum absolute atomic E-state index is 0.746. The maximum atomic E-state index is 6.29. The van der Waals surface area contributed by atoms with Crippen molar-refractivity contribution in [2.24, 2.45) is 0 Å². The van der Waals surface area contributed by atoms with Crippen molar-refractivity contribution in [2.75, 3.05) is 24.5 Å². The van der Waals surface area contributed by atoms with Gasteiger partial charge in [0.2, 0.25) is 0 Å². The summed E-state index contributed by atoms with van der Waals surface area (Å²) >= 11 is 6.29. The average molecular weight is 256 g/mol. The first kappa shape index (κ1) is 14.3. The van der Waals surface area contributed by atoms with E-state index in [0.717, 1.165) is 49.0 Å². The molecule has 1 heterocycles. The number of nitrogens with one attached hydrogen (secondary N) is 1. The maximum absolute atomic E-state index is 6.29. The molecule has 0 amide bonds. The van der Waals surface area contributed by atoms with Crippen LogP contribution in [-0.2, 0) is 6.54 Å². The molecule has 0 spiro atoms. The zero-order valence-electron chi connectivity index (χ0n) is 11.0.